The molecule has 1 aromatic carbocycles. The molecule has 0 N–H and O–H groups in total. The van der Waals surface area contributed by atoms with E-state index < -0.39 is 0 Å². The van der Waals surface area contributed by atoms with E-state index in [0.29, 0.717) is 37.2 Å². The maximum atomic E-state index is 12.8. The van der Waals surface area contributed by atoms with Crippen molar-refractivity contribution in [2.24, 2.45) is 11.0 Å². The lowest BCUT2D eigenvalue weighted by Crippen LogP contribution is -2.42. The third-order valence-electron chi connectivity index (χ3n) is 3.76. The molecule has 1 aliphatic rings. The maximum Gasteiger partial charge on any atom is 0.274 e. The molecule has 0 aliphatic carbocycles. The number of nitriles is 1. The molecule has 1 aliphatic heterocycles. The average molecular weight is 326 g/mol. The van der Waals surface area contributed by atoms with Crippen LogP contribution in [0.5, 0.6) is 0 Å². The standard InChI is InChI=1S/C18H22N4O2/c1-4-21(15-7-5-14(11-19)6-8-15)18(24)16-9-10-17(23)22(20-16)12-13(2)3/h5-8,13H,4,9-10,12H2,1-3H3. The van der Waals surface area contributed by atoms with E-state index in [9.17, 15) is 9.59 Å². The molecule has 0 atom stereocenters. The van der Waals surface area contributed by atoms with Crippen LogP contribution in [0.25, 0.3) is 0 Å². The maximum absolute atomic E-state index is 12.8. The van der Waals surface area contributed by atoms with Gasteiger partial charge in [0.2, 0.25) is 5.91 Å². The predicted molar refractivity (Wildman–Crippen MR) is 92.4 cm³/mol. The fourth-order valence-electron chi connectivity index (χ4n) is 2.56. The molecule has 24 heavy (non-hydrogen) atoms. The zero-order chi connectivity index (χ0) is 17.7. The molecule has 0 radical (unpaired) electrons. The summed E-state index contributed by atoms with van der Waals surface area (Å²) in [4.78, 5) is 26.4. The summed E-state index contributed by atoms with van der Waals surface area (Å²) in [5, 5.41) is 14.6. The van der Waals surface area contributed by atoms with Gasteiger partial charge in [0.05, 0.1) is 11.6 Å². The molecule has 6 nitrogen and oxygen atoms in total. The van der Waals surface area contributed by atoms with Crippen LogP contribution in [-0.2, 0) is 9.59 Å². The largest absolute Gasteiger partial charge is 0.308 e. The zero-order valence-corrected chi connectivity index (χ0v) is 14.3. The van der Waals surface area contributed by atoms with Crippen molar-refractivity contribution in [3.05, 3.63) is 29.8 Å². The van der Waals surface area contributed by atoms with Crippen LogP contribution in [-0.4, -0.2) is 35.6 Å². The minimum atomic E-state index is -0.191. The summed E-state index contributed by atoms with van der Waals surface area (Å²) in [5.41, 5.74) is 1.67. The Morgan fingerprint density at radius 1 is 1.33 bits per heavy atom. The Hall–Kier alpha value is -2.68. The molecule has 6 heteroatoms. The van der Waals surface area contributed by atoms with Crippen molar-refractivity contribution in [2.45, 2.75) is 33.6 Å². The van der Waals surface area contributed by atoms with E-state index in [1.54, 1.807) is 29.2 Å². The molecule has 2 rings (SSSR count). The van der Waals surface area contributed by atoms with Gasteiger partial charge in [-0.05, 0) is 37.1 Å². The van der Waals surface area contributed by atoms with Gasteiger partial charge in [-0.1, -0.05) is 13.8 Å². The van der Waals surface area contributed by atoms with Crippen molar-refractivity contribution in [2.75, 3.05) is 18.0 Å². The molecule has 1 heterocycles. The highest BCUT2D eigenvalue weighted by atomic mass is 16.2. The third-order valence-corrected chi connectivity index (χ3v) is 3.76. The van der Waals surface area contributed by atoms with Crippen LogP contribution in [0.15, 0.2) is 29.4 Å². The number of anilines is 1. The second kappa shape index (κ2) is 7.73. The fourth-order valence-corrected chi connectivity index (χ4v) is 2.56. The Bertz CT molecular complexity index is 686. The Balaban J connectivity index is 2.23. The van der Waals surface area contributed by atoms with Crippen molar-refractivity contribution in [1.82, 2.24) is 5.01 Å². The van der Waals surface area contributed by atoms with Gasteiger partial charge in [0, 0.05) is 31.6 Å². The summed E-state index contributed by atoms with van der Waals surface area (Å²) in [6.45, 7) is 6.90. The fraction of sp³-hybridized carbons (Fsp3) is 0.444. The van der Waals surface area contributed by atoms with Gasteiger partial charge in [0.1, 0.15) is 5.71 Å². The number of hydrogen-bond acceptors (Lipinski definition) is 4. The van der Waals surface area contributed by atoms with E-state index in [1.165, 1.54) is 5.01 Å². The zero-order valence-electron chi connectivity index (χ0n) is 14.3. The van der Waals surface area contributed by atoms with E-state index in [1.807, 2.05) is 20.8 Å². The van der Waals surface area contributed by atoms with Crippen LogP contribution in [0.2, 0.25) is 0 Å². The first kappa shape index (κ1) is 17.7. The third kappa shape index (κ3) is 3.99. The minimum absolute atomic E-state index is 0.0401. The van der Waals surface area contributed by atoms with Gasteiger partial charge in [-0.25, -0.2) is 5.01 Å². The van der Waals surface area contributed by atoms with Gasteiger partial charge in [0.25, 0.3) is 5.91 Å². The SMILES string of the molecule is CCN(C(=O)C1=NN(CC(C)C)C(=O)CC1)c1ccc(C#N)cc1. The van der Waals surface area contributed by atoms with Crippen LogP contribution < -0.4 is 4.90 Å². The molecule has 126 valence electrons. The first-order valence-corrected chi connectivity index (χ1v) is 8.16. The number of nitrogens with zero attached hydrogens (tertiary/aromatic N) is 4. The van der Waals surface area contributed by atoms with Crippen LogP contribution in [0.4, 0.5) is 5.69 Å². The number of carbonyl (C=O) groups excluding carboxylic acids is 2. The first-order valence-electron chi connectivity index (χ1n) is 8.16. The summed E-state index contributed by atoms with van der Waals surface area (Å²) in [5.74, 6) is 0.0538. The lowest BCUT2D eigenvalue weighted by atomic mass is 10.1. The molecule has 0 fully saturated rings. The topological polar surface area (TPSA) is 76.8 Å². The van der Waals surface area contributed by atoms with Gasteiger partial charge in [-0.3, -0.25) is 9.59 Å². The molecule has 0 spiro atoms. The molecule has 0 bridgehead atoms. The summed E-state index contributed by atoms with van der Waals surface area (Å²) in [6.07, 6.45) is 0.668. The molecular formula is C18H22N4O2. The molecule has 0 saturated carbocycles. The Morgan fingerprint density at radius 2 is 2.00 bits per heavy atom. The summed E-state index contributed by atoms with van der Waals surface area (Å²) >= 11 is 0. The van der Waals surface area contributed by atoms with Gasteiger partial charge in [-0.15, -0.1) is 0 Å². The quantitative estimate of drug-likeness (QED) is 0.834. The normalized spacial score (nSPS) is 14.4. The van der Waals surface area contributed by atoms with Gasteiger partial charge >= 0.3 is 0 Å². The van der Waals surface area contributed by atoms with E-state index >= 15 is 0 Å². The average Bonchev–Trinajstić information content (AvgIpc) is 2.57. The highest BCUT2D eigenvalue weighted by Gasteiger charge is 2.27. The van der Waals surface area contributed by atoms with E-state index in [-0.39, 0.29) is 17.7 Å². The Morgan fingerprint density at radius 3 is 2.54 bits per heavy atom. The second-order valence-corrected chi connectivity index (χ2v) is 6.12. The van der Waals surface area contributed by atoms with Crippen LogP contribution >= 0.6 is 0 Å². The van der Waals surface area contributed by atoms with Crippen molar-refractivity contribution in [3.8, 4) is 6.07 Å². The number of carbonyl (C=O) groups is 2. The van der Waals surface area contributed by atoms with Gasteiger partial charge in [-0.2, -0.15) is 10.4 Å². The Labute approximate surface area is 142 Å². The second-order valence-electron chi connectivity index (χ2n) is 6.12. The highest BCUT2D eigenvalue weighted by Crippen LogP contribution is 2.19. The number of benzene rings is 1. The summed E-state index contributed by atoms with van der Waals surface area (Å²) in [6, 6.07) is 8.93. The number of hydrazone groups is 1. The predicted octanol–water partition coefficient (Wildman–Crippen LogP) is 2.55. The van der Waals surface area contributed by atoms with Crippen molar-refractivity contribution in [3.63, 3.8) is 0 Å². The molecule has 2 amide bonds. The van der Waals surface area contributed by atoms with E-state index in [0.717, 1.165) is 5.69 Å². The Kier molecular flexibility index (Phi) is 5.69. The molecule has 1 aromatic rings. The number of amides is 2. The number of rotatable bonds is 5. The smallest absolute Gasteiger partial charge is 0.274 e. The van der Waals surface area contributed by atoms with E-state index in [4.69, 9.17) is 5.26 Å². The van der Waals surface area contributed by atoms with Crippen LogP contribution in [0.3, 0.4) is 0 Å². The molecule has 0 saturated heterocycles. The molecule has 0 unspecified atom stereocenters. The summed E-state index contributed by atoms with van der Waals surface area (Å²) in [7, 11) is 0. The minimum Gasteiger partial charge on any atom is -0.308 e. The van der Waals surface area contributed by atoms with Crippen LogP contribution in [0.1, 0.15) is 39.2 Å². The first-order chi connectivity index (χ1) is 11.5. The van der Waals surface area contributed by atoms with Crippen molar-refractivity contribution in [1.29, 1.82) is 5.26 Å². The monoisotopic (exact) mass is 326 g/mol. The van der Waals surface area contributed by atoms with Crippen molar-refractivity contribution < 1.29 is 9.59 Å². The summed E-state index contributed by atoms with van der Waals surface area (Å²) < 4.78 is 0. The lowest BCUT2D eigenvalue weighted by Gasteiger charge is -2.27. The van der Waals surface area contributed by atoms with Gasteiger partial charge in [0.15, 0.2) is 0 Å². The van der Waals surface area contributed by atoms with E-state index in [2.05, 4.69) is 11.2 Å². The van der Waals surface area contributed by atoms with Gasteiger partial charge < -0.3 is 4.90 Å². The molecular weight excluding hydrogens is 304 g/mol. The van der Waals surface area contributed by atoms with Crippen LogP contribution in [0, 0.1) is 17.2 Å². The molecule has 0 aromatic heterocycles. The lowest BCUT2D eigenvalue weighted by molar-refractivity contribution is -0.132. The van der Waals surface area contributed by atoms with Crippen molar-refractivity contribution >= 4 is 23.2 Å². The number of hydrogen-bond donors (Lipinski definition) is 0. The highest BCUT2D eigenvalue weighted by molar-refractivity contribution is 6.44.